The molecule has 1 heterocycles. The molecule has 1 aromatic rings. The molecule has 0 unspecified atom stereocenters. The third-order valence-corrected chi connectivity index (χ3v) is 2.71. The fourth-order valence-corrected chi connectivity index (χ4v) is 1.67. The summed E-state index contributed by atoms with van der Waals surface area (Å²) in [5, 5.41) is 8.98. The maximum Gasteiger partial charge on any atom is 0.142 e. The second-order valence-corrected chi connectivity index (χ2v) is 4.59. The van der Waals surface area contributed by atoms with E-state index in [2.05, 4.69) is 35.6 Å². The molecule has 96 valence electrons. The number of aliphatic hydroxyl groups excluding tert-OH is 1. The van der Waals surface area contributed by atoms with Crippen LogP contribution in [0.3, 0.4) is 0 Å². The van der Waals surface area contributed by atoms with Crippen molar-refractivity contribution in [2.75, 3.05) is 19.7 Å². The quantitative estimate of drug-likeness (QED) is 0.785. The Balaban J connectivity index is 2.59. The third kappa shape index (κ3) is 4.79. The standard InChI is InChI=1S/C13H23N3O/c1-4-5-16(6-7-17)10-13-14-8-12(9-15-13)11(2)3/h8-9,11,17H,4-7,10H2,1-3H3. The van der Waals surface area contributed by atoms with Crippen molar-refractivity contribution in [3.05, 3.63) is 23.8 Å². The van der Waals surface area contributed by atoms with Crippen LogP contribution in [0, 0.1) is 0 Å². The predicted octanol–water partition coefficient (Wildman–Crippen LogP) is 1.80. The van der Waals surface area contributed by atoms with E-state index in [-0.39, 0.29) is 6.61 Å². The predicted molar refractivity (Wildman–Crippen MR) is 68.8 cm³/mol. The first-order valence-electron chi connectivity index (χ1n) is 6.31. The van der Waals surface area contributed by atoms with Crippen LogP contribution in [0.25, 0.3) is 0 Å². The van der Waals surface area contributed by atoms with Gasteiger partial charge < -0.3 is 5.11 Å². The molecule has 0 radical (unpaired) electrons. The van der Waals surface area contributed by atoms with Crippen LogP contribution in [0.15, 0.2) is 12.4 Å². The Morgan fingerprint density at radius 2 is 1.88 bits per heavy atom. The minimum atomic E-state index is 0.185. The smallest absolute Gasteiger partial charge is 0.142 e. The lowest BCUT2D eigenvalue weighted by Gasteiger charge is -2.19. The zero-order valence-corrected chi connectivity index (χ0v) is 11.1. The minimum absolute atomic E-state index is 0.185. The molecule has 1 N–H and O–H groups in total. The molecule has 1 aromatic heterocycles. The van der Waals surface area contributed by atoms with Crippen molar-refractivity contribution in [2.45, 2.75) is 39.7 Å². The van der Waals surface area contributed by atoms with Gasteiger partial charge >= 0.3 is 0 Å². The van der Waals surface area contributed by atoms with Gasteiger partial charge in [0, 0.05) is 18.9 Å². The number of rotatable bonds is 7. The molecule has 4 heteroatoms. The summed E-state index contributed by atoms with van der Waals surface area (Å²) in [6.45, 7) is 8.95. The normalized spacial score (nSPS) is 11.4. The molecule has 0 amide bonds. The fourth-order valence-electron chi connectivity index (χ4n) is 1.67. The van der Waals surface area contributed by atoms with E-state index in [0.29, 0.717) is 19.0 Å². The number of aliphatic hydroxyl groups is 1. The summed E-state index contributed by atoms with van der Waals surface area (Å²) < 4.78 is 0. The SMILES string of the molecule is CCCN(CCO)Cc1ncc(C(C)C)cn1. The molecule has 0 fully saturated rings. The lowest BCUT2D eigenvalue weighted by Crippen LogP contribution is -2.28. The van der Waals surface area contributed by atoms with E-state index in [4.69, 9.17) is 5.11 Å². The zero-order chi connectivity index (χ0) is 12.7. The average molecular weight is 237 g/mol. The molecule has 0 aliphatic heterocycles. The fraction of sp³-hybridized carbons (Fsp3) is 0.692. The Hall–Kier alpha value is -1.00. The molecule has 0 bridgehead atoms. The molecule has 0 saturated heterocycles. The van der Waals surface area contributed by atoms with Gasteiger partial charge in [-0.15, -0.1) is 0 Å². The van der Waals surface area contributed by atoms with Gasteiger partial charge in [0.05, 0.1) is 13.2 Å². The van der Waals surface area contributed by atoms with Gasteiger partial charge in [-0.25, -0.2) is 9.97 Å². The molecule has 0 spiro atoms. The van der Waals surface area contributed by atoms with Crippen LogP contribution < -0.4 is 0 Å². The van der Waals surface area contributed by atoms with E-state index >= 15 is 0 Å². The topological polar surface area (TPSA) is 49.2 Å². The van der Waals surface area contributed by atoms with E-state index in [1.54, 1.807) is 0 Å². The van der Waals surface area contributed by atoms with Crippen LogP contribution in [0.2, 0.25) is 0 Å². The van der Waals surface area contributed by atoms with E-state index < -0.39 is 0 Å². The monoisotopic (exact) mass is 237 g/mol. The van der Waals surface area contributed by atoms with E-state index in [0.717, 1.165) is 24.4 Å². The first-order valence-corrected chi connectivity index (χ1v) is 6.31. The van der Waals surface area contributed by atoms with Crippen molar-refractivity contribution >= 4 is 0 Å². The van der Waals surface area contributed by atoms with E-state index in [1.165, 1.54) is 0 Å². The van der Waals surface area contributed by atoms with Crippen molar-refractivity contribution < 1.29 is 5.11 Å². The Kier molecular flexibility index (Phi) is 6.08. The summed E-state index contributed by atoms with van der Waals surface area (Å²) in [7, 11) is 0. The second kappa shape index (κ2) is 7.35. The molecule has 17 heavy (non-hydrogen) atoms. The average Bonchev–Trinajstić information content (AvgIpc) is 2.30. The molecular weight excluding hydrogens is 214 g/mol. The lowest BCUT2D eigenvalue weighted by atomic mass is 10.1. The maximum atomic E-state index is 8.98. The molecular formula is C13H23N3O. The van der Waals surface area contributed by atoms with Crippen molar-refractivity contribution in [2.24, 2.45) is 0 Å². The number of aromatic nitrogens is 2. The van der Waals surface area contributed by atoms with Crippen LogP contribution in [0.4, 0.5) is 0 Å². The van der Waals surface area contributed by atoms with Gasteiger partial charge in [0.2, 0.25) is 0 Å². The molecule has 1 rings (SSSR count). The summed E-state index contributed by atoms with van der Waals surface area (Å²) in [5.74, 6) is 1.30. The zero-order valence-electron chi connectivity index (χ0n) is 11.1. The Bertz CT molecular complexity index is 305. The Labute approximate surface area is 104 Å². The molecule has 0 atom stereocenters. The largest absolute Gasteiger partial charge is 0.395 e. The molecule has 0 saturated carbocycles. The summed E-state index contributed by atoms with van der Waals surface area (Å²) >= 11 is 0. The van der Waals surface area contributed by atoms with Crippen molar-refractivity contribution in [1.82, 2.24) is 14.9 Å². The summed E-state index contributed by atoms with van der Waals surface area (Å²) in [6.07, 6.45) is 4.87. The summed E-state index contributed by atoms with van der Waals surface area (Å²) in [5.41, 5.74) is 1.16. The lowest BCUT2D eigenvalue weighted by molar-refractivity contribution is 0.187. The first kappa shape index (κ1) is 14.1. The van der Waals surface area contributed by atoms with Gasteiger partial charge in [0.1, 0.15) is 5.82 Å². The number of hydrogen-bond donors (Lipinski definition) is 1. The van der Waals surface area contributed by atoms with Gasteiger partial charge in [-0.2, -0.15) is 0 Å². The highest BCUT2D eigenvalue weighted by Gasteiger charge is 2.07. The molecule has 0 aliphatic carbocycles. The maximum absolute atomic E-state index is 8.98. The van der Waals surface area contributed by atoms with E-state index in [9.17, 15) is 0 Å². The van der Waals surface area contributed by atoms with Crippen LogP contribution >= 0.6 is 0 Å². The van der Waals surface area contributed by atoms with Crippen molar-refractivity contribution in [3.8, 4) is 0 Å². The third-order valence-electron chi connectivity index (χ3n) is 2.71. The van der Waals surface area contributed by atoms with Gasteiger partial charge in [-0.05, 0) is 24.4 Å². The highest BCUT2D eigenvalue weighted by Crippen LogP contribution is 2.11. The van der Waals surface area contributed by atoms with Gasteiger partial charge in [0.25, 0.3) is 0 Å². The van der Waals surface area contributed by atoms with Crippen LogP contribution in [-0.4, -0.2) is 39.7 Å². The van der Waals surface area contributed by atoms with Crippen LogP contribution in [0.5, 0.6) is 0 Å². The molecule has 4 nitrogen and oxygen atoms in total. The number of hydrogen-bond acceptors (Lipinski definition) is 4. The summed E-state index contributed by atoms with van der Waals surface area (Å²) in [4.78, 5) is 10.9. The molecule has 0 aliphatic rings. The highest BCUT2D eigenvalue weighted by atomic mass is 16.3. The van der Waals surface area contributed by atoms with Crippen LogP contribution in [0.1, 0.15) is 44.5 Å². The first-order chi connectivity index (χ1) is 8.17. The Morgan fingerprint density at radius 1 is 1.24 bits per heavy atom. The highest BCUT2D eigenvalue weighted by molar-refractivity contribution is 5.09. The second-order valence-electron chi connectivity index (χ2n) is 4.59. The number of nitrogens with zero attached hydrogens (tertiary/aromatic N) is 3. The van der Waals surface area contributed by atoms with Crippen LogP contribution in [-0.2, 0) is 6.54 Å². The van der Waals surface area contributed by atoms with Gasteiger partial charge in [-0.3, -0.25) is 4.90 Å². The summed E-state index contributed by atoms with van der Waals surface area (Å²) in [6, 6.07) is 0. The Morgan fingerprint density at radius 3 is 2.35 bits per heavy atom. The van der Waals surface area contributed by atoms with Crippen molar-refractivity contribution in [3.63, 3.8) is 0 Å². The van der Waals surface area contributed by atoms with Gasteiger partial charge in [0.15, 0.2) is 0 Å². The van der Waals surface area contributed by atoms with Gasteiger partial charge in [-0.1, -0.05) is 20.8 Å². The van der Waals surface area contributed by atoms with Crippen molar-refractivity contribution in [1.29, 1.82) is 0 Å². The minimum Gasteiger partial charge on any atom is -0.395 e. The van der Waals surface area contributed by atoms with E-state index in [1.807, 2.05) is 12.4 Å². The molecule has 0 aromatic carbocycles.